The van der Waals surface area contributed by atoms with Crippen molar-refractivity contribution in [1.29, 1.82) is 0 Å². The molecule has 0 atom stereocenters. The summed E-state index contributed by atoms with van der Waals surface area (Å²) in [5.74, 6) is 0.334. The van der Waals surface area contributed by atoms with Gasteiger partial charge in [-0.1, -0.05) is 0 Å². The molecule has 6 nitrogen and oxygen atoms in total. The first-order chi connectivity index (χ1) is 10.7. The molecule has 0 saturated carbocycles. The first-order valence-corrected chi connectivity index (χ1v) is 7.70. The molecule has 1 aliphatic rings. The molecule has 2 heterocycles. The molecular weight excluding hydrogens is 284 g/mol. The van der Waals surface area contributed by atoms with Gasteiger partial charge in [-0.25, -0.2) is 9.78 Å². The molecule has 0 amide bonds. The van der Waals surface area contributed by atoms with E-state index in [1.807, 2.05) is 13.0 Å². The summed E-state index contributed by atoms with van der Waals surface area (Å²) in [5, 5.41) is 0. The van der Waals surface area contributed by atoms with Gasteiger partial charge in [0.15, 0.2) is 0 Å². The Kier molecular flexibility index (Phi) is 5.75. The minimum absolute atomic E-state index is 0.0185. The fourth-order valence-corrected chi connectivity index (χ4v) is 2.51. The molecule has 0 radical (unpaired) electrons. The average Bonchev–Trinajstić information content (AvgIpc) is 2.55. The Morgan fingerprint density at radius 1 is 1.18 bits per heavy atom. The molecule has 22 heavy (non-hydrogen) atoms. The van der Waals surface area contributed by atoms with Crippen molar-refractivity contribution in [2.75, 3.05) is 31.2 Å². The number of hydrogen-bond donors (Lipinski definition) is 0. The summed E-state index contributed by atoms with van der Waals surface area (Å²) in [6, 6.07) is 3.54. The number of anilines is 1. The van der Waals surface area contributed by atoms with E-state index in [2.05, 4.69) is 9.88 Å². The van der Waals surface area contributed by atoms with E-state index in [0.29, 0.717) is 18.8 Å². The summed E-state index contributed by atoms with van der Waals surface area (Å²) < 4.78 is 10.00. The average molecular weight is 306 g/mol. The molecule has 120 valence electrons. The third-order valence-corrected chi connectivity index (χ3v) is 3.70. The zero-order chi connectivity index (χ0) is 15.9. The standard InChI is InChI=1S/C16H22N2O4/c1-3-21-15(19)12-7-9-18(10-8-12)14-6-5-13(11-17-14)16(20)22-4-2/h5-6,11-12H,3-4,7-10H2,1-2H3. The zero-order valence-corrected chi connectivity index (χ0v) is 13.1. The Bertz CT molecular complexity index is 507. The van der Waals surface area contributed by atoms with Crippen LogP contribution in [0.15, 0.2) is 18.3 Å². The van der Waals surface area contributed by atoms with Gasteiger partial charge in [0, 0.05) is 19.3 Å². The smallest absolute Gasteiger partial charge is 0.339 e. The first kappa shape index (κ1) is 16.3. The van der Waals surface area contributed by atoms with Crippen LogP contribution in [-0.4, -0.2) is 43.2 Å². The van der Waals surface area contributed by atoms with Gasteiger partial charge >= 0.3 is 11.9 Å². The van der Waals surface area contributed by atoms with Crippen LogP contribution in [0.25, 0.3) is 0 Å². The van der Waals surface area contributed by atoms with Gasteiger partial charge in [-0.3, -0.25) is 4.79 Å². The van der Waals surface area contributed by atoms with Crippen molar-refractivity contribution in [2.45, 2.75) is 26.7 Å². The molecule has 2 rings (SSSR count). The first-order valence-electron chi connectivity index (χ1n) is 7.70. The summed E-state index contributed by atoms with van der Waals surface area (Å²) in [6.45, 7) is 5.89. The van der Waals surface area contributed by atoms with Gasteiger partial charge in [-0.05, 0) is 38.8 Å². The molecule has 0 aromatic carbocycles. The normalized spacial score (nSPS) is 15.5. The third-order valence-electron chi connectivity index (χ3n) is 3.70. The quantitative estimate of drug-likeness (QED) is 0.775. The third kappa shape index (κ3) is 3.96. The SMILES string of the molecule is CCOC(=O)c1ccc(N2CCC(C(=O)OCC)CC2)nc1. The molecule has 0 bridgehead atoms. The molecule has 0 unspecified atom stereocenters. The van der Waals surface area contributed by atoms with Crippen molar-refractivity contribution in [3.8, 4) is 0 Å². The molecule has 1 saturated heterocycles. The van der Waals surface area contributed by atoms with E-state index in [1.165, 1.54) is 6.20 Å². The van der Waals surface area contributed by atoms with Crippen LogP contribution in [0, 0.1) is 5.92 Å². The maximum atomic E-state index is 11.7. The molecule has 1 aliphatic heterocycles. The Morgan fingerprint density at radius 2 is 1.86 bits per heavy atom. The Morgan fingerprint density at radius 3 is 2.41 bits per heavy atom. The van der Waals surface area contributed by atoms with Crippen LogP contribution in [0.5, 0.6) is 0 Å². The maximum absolute atomic E-state index is 11.7. The van der Waals surface area contributed by atoms with Gasteiger partial charge in [0.1, 0.15) is 5.82 Å². The summed E-state index contributed by atoms with van der Waals surface area (Å²) in [6.07, 6.45) is 3.06. The highest BCUT2D eigenvalue weighted by Crippen LogP contribution is 2.23. The van der Waals surface area contributed by atoms with E-state index >= 15 is 0 Å². The highest BCUT2D eigenvalue weighted by atomic mass is 16.5. The largest absolute Gasteiger partial charge is 0.466 e. The van der Waals surface area contributed by atoms with Crippen molar-refractivity contribution in [2.24, 2.45) is 5.92 Å². The van der Waals surface area contributed by atoms with Crippen LogP contribution < -0.4 is 4.90 Å². The number of esters is 2. The van der Waals surface area contributed by atoms with Gasteiger partial charge < -0.3 is 14.4 Å². The van der Waals surface area contributed by atoms with Gasteiger partial charge in [-0.15, -0.1) is 0 Å². The number of ether oxygens (including phenoxy) is 2. The predicted octanol–water partition coefficient (Wildman–Crippen LogP) is 2.04. The molecule has 1 aromatic heterocycles. The second kappa shape index (κ2) is 7.77. The zero-order valence-electron chi connectivity index (χ0n) is 13.1. The molecule has 1 fully saturated rings. The van der Waals surface area contributed by atoms with E-state index in [0.717, 1.165) is 31.7 Å². The number of piperidine rings is 1. The summed E-state index contributed by atoms with van der Waals surface area (Å²) in [4.78, 5) is 29.7. The van der Waals surface area contributed by atoms with Crippen molar-refractivity contribution >= 4 is 17.8 Å². The summed E-state index contributed by atoms with van der Waals surface area (Å²) in [7, 11) is 0. The van der Waals surface area contributed by atoms with Crippen LogP contribution in [0.4, 0.5) is 5.82 Å². The topological polar surface area (TPSA) is 68.7 Å². The molecular formula is C16H22N2O4. The fraction of sp³-hybridized carbons (Fsp3) is 0.562. The Labute approximate surface area is 130 Å². The Hall–Kier alpha value is -2.11. The number of carbonyl (C=O) groups excluding carboxylic acids is 2. The number of carbonyl (C=O) groups is 2. The van der Waals surface area contributed by atoms with Crippen LogP contribution in [0.3, 0.4) is 0 Å². The highest BCUT2D eigenvalue weighted by Gasteiger charge is 2.26. The summed E-state index contributed by atoms with van der Waals surface area (Å²) in [5.41, 5.74) is 0.451. The van der Waals surface area contributed by atoms with Crippen molar-refractivity contribution in [3.63, 3.8) is 0 Å². The number of aromatic nitrogens is 1. The summed E-state index contributed by atoms with van der Waals surface area (Å²) >= 11 is 0. The molecule has 6 heteroatoms. The van der Waals surface area contributed by atoms with Crippen molar-refractivity contribution in [1.82, 2.24) is 4.98 Å². The second-order valence-electron chi connectivity index (χ2n) is 5.14. The number of nitrogens with zero attached hydrogens (tertiary/aromatic N) is 2. The molecule has 1 aromatic rings. The minimum Gasteiger partial charge on any atom is -0.466 e. The Balaban J connectivity index is 1.91. The van der Waals surface area contributed by atoms with Crippen LogP contribution in [0.2, 0.25) is 0 Å². The lowest BCUT2D eigenvalue weighted by Gasteiger charge is -2.31. The highest BCUT2D eigenvalue weighted by molar-refractivity contribution is 5.89. The molecule has 0 spiro atoms. The van der Waals surface area contributed by atoms with E-state index < -0.39 is 0 Å². The number of hydrogen-bond acceptors (Lipinski definition) is 6. The van der Waals surface area contributed by atoms with Gasteiger partial charge in [-0.2, -0.15) is 0 Å². The molecule has 0 N–H and O–H groups in total. The fourth-order valence-electron chi connectivity index (χ4n) is 2.51. The monoisotopic (exact) mass is 306 g/mol. The second-order valence-corrected chi connectivity index (χ2v) is 5.14. The van der Waals surface area contributed by atoms with E-state index in [9.17, 15) is 9.59 Å². The minimum atomic E-state index is -0.359. The lowest BCUT2D eigenvalue weighted by Crippen LogP contribution is -2.37. The predicted molar refractivity (Wildman–Crippen MR) is 81.8 cm³/mol. The van der Waals surface area contributed by atoms with Gasteiger partial charge in [0.2, 0.25) is 0 Å². The lowest BCUT2D eigenvalue weighted by atomic mass is 9.97. The van der Waals surface area contributed by atoms with Gasteiger partial charge in [0.25, 0.3) is 0 Å². The number of pyridine rings is 1. The van der Waals surface area contributed by atoms with Crippen LogP contribution >= 0.6 is 0 Å². The maximum Gasteiger partial charge on any atom is 0.339 e. The molecule has 0 aliphatic carbocycles. The van der Waals surface area contributed by atoms with E-state index in [4.69, 9.17) is 9.47 Å². The van der Waals surface area contributed by atoms with Crippen molar-refractivity contribution < 1.29 is 19.1 Å². The van der Waals surface area contributed by atoms with Crippen LogP contribution in [0.1, 0.15) is 37.0 Å². The van der Waals surface area contributed by atoms with E-state index in [-0.39, 0.29) is 17.9 Å². The van der Waals surface area contributed by atoms with E-state index in [1.54, 1.807) is 13.0 Å². The lowest BCUT2D eigenvalue weighted by molar-refractivity contribution is -0.148. The number of rotatable bonds is 5. The van der Waals surface area contributed by atoms with Crippen LogP contribution in [-0.2, 0) is 14.3 Å². The van der Waals surface area contributed by atoms with Crippen molar-refractivity contribution in [3.05, 3.63) is 23.9 Å². The van der Waals surface area contributed by atoms with Gasteiger partial charge in [0.05, 0.1) is 24.7 Å².